The number of likely N-dealkylation sites (tertiary alicyclic amines) is 1. The van der Waals surface area contributed by atoms with Crippen molar-refractivity contribution in [3.8, 4) is 0 Å². The minimum Gasteiger partial charge on any atom is -0.450 e. The van der Waals surface area contributed by atoms with Crippen LogP contribution in [0.3, 0.4) is 0 Å². The molecule has 2 aliphatic rings. The number of aliphatic imine (C=N–C) groups is 1. The summed E-state index contributed by atoms with van der Waals surface area (Å²) in [7, 11) is 1.80. The number of halogens is 1. The maximum atomic E-state index is 11.7. The second-order valence-electron chi connectivity index (χ2n) is 7.87. The number of nitrogens with zero attached hydrogens (tertiary/aromatic N) is 2. The van der Waals surface area contributed by atoms with E-state index in [1.165, 1.54) is 19.4 Å². The van der Waals surface area contributed by atoms with Gasteiger partial charge in [0, 0.05) is 39.3 Å². The molecule has 1 heterocycles. The maximum absolute atomic E-state index is 11.7. The molecule has 0 aromatic heterocycles. The molecule has 0 spiro atoms. The Hall–Kier alpha value is -0.770. The molecule has 3 N–H and O–H groups in total. The quantitative estimate of drug-likeness (QED) is 0.274. The molecule has 0 aromatic rings. The van der Waals surface area contributed by atoms with E-state index in [1.807, 2.05) is 6.92 Å². The molecule has 2 rings (SSSR count). The number of piperidine rings is 1. The average molecular weight is 495 g/mol. The fourth-order valence-corrected chi connectivity index (χ4v) is 3.53. The van der Waals surface area contributed by atoms with Crippen LogP contribution in [0.15, 0.2) is 4.99 Å². The van der Waals surface area contributed by atoms with Crippen LogP contribution in [0.4, 0.5) is 4.79 Å². The zero-order chi connectivity index (χ0) is 18.9. The van der Waals surface area contributed by atoms with Crippen molar-refractivity contribution < 1.29 is 9.53 Å². The van der Waals surface area contributed by atoms with Crippen molar-refractivity contribution in [1.29, 1.82) is 0 Å². The van der Waals surface area contributed by atoms with Crippen LogP contribution in [-0.4, -0.2) is 68.9 Å². The van der Waals surface area contributed by atoms with Crippen LogP contribution < -0.4 is 16.0 Å². The Labute approximate surface area is 181 Å². The lowest BCUT2D eigenvalue weighted by Gasteiger charge is -2.34. The molecule has 1 amide bonds. The highest BCUT2D eigenvalue weighted by Crippen LogP contribution is 2.32. The van der Waals surface area contributed by atoms with E-state index in [9.17, 15) is 4.79 Å². The summed E-state index contributed by atoms with van der Waals surface area (Å²) >= 11 is 0. The van der Waals surface area contributed by atoms with Gasteiger partial charge >= 0.3 is 6.09 Å². The van der Waals surface area contributed by atoms with Crippen LogP contribution in [0.25, 0.3) is 0 Å². The van der Waals surface area contributed by atoms with Gasteiger partial charge in [-0.3, -0.25) is 4.99 Å². The van der Waals surface area contributed by atoms with Crippen molar-refractivity contribution in [1.82, 2.24) is 20.9 Å². The molecule has 0 aromatic carbocycles. The van der Waals surface area contributed by atoms with Gasteiger partial charge in [-0.15, -0.1) is 24.0 Å². The highest BCUT2D eigenvalue weighted by Gasteiger charge is 2.32. The van der Waals surface area contributed by atoms with Gasteiger partial charge in [-0.05, 0) is 44.4 Å². The molecule has 8 heteroatoms. The fourth-order valence-electron chi connectivity index (χ4n) is 3.53. The van der Waals surface area contributed by atoms with Gasteiger partial charge in [-0.25, -0.2) is 4.79 Å². The standard InChI is InChI=1S/C19H37N5O2.HI/c1-5-26-19(25)23-17(15-6-7-15)12-21-18(20-4)22-16-8-10-24(11-9-16)13-14(2)3;/h14-17H,5-13H2,1-4H3,(H,23,25)(H2,20,21,22);1H. The number of alkyl carbamates (subject to hydrolysis) is 1. The number of rotatable bonds is 8. The lowest BCUT2D eigenvalue weighted by atomic mass is 10.0. The van der Waals surface area contributed by atoms with Gasteiger partial charge in [0.15, 0.2) is 5.96 Å². The molecule has 1 saturated heterocycles. The molecule has 1 saturated carbocycles. The van der Waals surface area contributed by atoms with Gasteiger partial charge in [-0.1, -0.05) is 13.8 Å². The van der Waals surface area contributed by atoms with Crippen molar-refractivity contribution in [3.05, 3.63) is 0 Å². The van der Waals surface area contributed by atoms with Crippen LogP contribution in [-0.2, 0) is 4.74 Å². The van der Waals surface area contributed by atoms with E-state index in [2.05, 4.69) is 39.7 Å². The van der Waals surface area contributed by atoms with Crippen molar-refractivity contribution in [2.45, 2.75) is 58.5 Å². The summed E-state index contributed by atoms with van der Waals surface area (Å²) in [6.07, 6.45) is 4.28. The Morgan fingerprint density at radius 1 is 1.22 bits per heavy atom. The third-order valence-corrected chi connectivity index (χ3v) is 5.03. The summed E-state index contributed by atoms with van der Waals surface area (Å²) < 4.78 is 5.01. The fraction of sp³-hybridized carbons (Fsp3) is 0.895. The van der Waals surface area contributed by atoms with E-state index < -0.39 is 0 Å². The third kappa shape index (κ3) is 9.32. The minimum absolute atomic E-state index is 0. The minimum atomic E-state index is -0.327. The van der Waals surface area contributed by atoms with E-state index in [4.69, 9.17) is 4.74 Å². The predicted octanol–water partition coefficient (Wildman–Crippen LogP) is 2.41. The number of ether oxygens (including phenoxy) is 1. The van der Waals surface area contributed by atoms with Crippen molar-refractivity contribution in [2.75, 3.05) is 39.8 Å². The first kappa shape index (κ1) is 24.3. The summed E-state index contributed by atoms with van der Waals surface area (Å²) in [6, 6.07) is 0.558. The normalized spacial score (nSPS) is 20.0. The lowest BCUT2D eigenvalue weighted by Crippen LogP contribution is -2.52. The van der Waals surface area contributed by atoms with Gasteiger partial charge in [0.2, 0.25) is 0 Å². The summed E-state index contributed by atoms with van der Waals surface area (Å²) in [6.45, 7) is 10.9. The second-order valence-corrected chi connectivity index (χ2v) is 7.87. The number of carbonyl (C=O) groups is 1. The van der Waals surface area contributed by atoms with E-state index in [-0.39, 0.29) is 36.1 Å². The molecule has 7 nitrogen and oxygen atoms in total. The molecule has 0 bridgehead atoms. The highest BCUT2D eigenvalue weighted by atomic mass is 127. The van der Waals surface area contributed by atoms with Crippen molar-refractivity contribution >= 4 is 36.0 Å². The SMILES string of the molecule is CCOC(=O)NC(CNC(=NC)NC1CCN(CC(C)C)CC1)C1CC1.I. The number of amides is 1. The summed E-state index contributed by atoms with van der Waals surface area (Å²) in [4.78, 5) is 18.6. The lowest BCUT2D eigenvalue weighted by molar-refractivity contribution is 0.146. The van der Waals surface area contributed by atoms with Crippen LogP contribution in [0.5, 0.6) is 0 Å². The number of guanidine groups is 1. The Kier molecular flexibility index (Phi) is 11.4. The Balaban J connectivity index is 0.00000364. The number of hydrogen-bond acceptors (Lipinski definition) is 4. The third-order valence-electron chi connectivity index (χ3n) is 5.03. The largest absolute Gasteiger partial charge is 0.450 e. The number of hydrogen-bond donors (Lipinski definition) is 3. The van der Waals surface area contributed by atoms with Gasteiger partial charge in [-0.2, -0.15) is 0 Å². The average Bonchev–Trinajstić information content (AvgIpc) is 3.43. The molecular formula is C19H38IN5O2. The Morgan fingerprint density at radius 2 is 1.89 bits per heavy atom. The van der Waals surface area contributed by atoms with Gasteiger partial charge < -0.3 is 25.6 Å². The number of nitrogens with one attached hydrogen (secondary N) is 3. The van der Waals surface area contributed by atoms with Crippen molar-refractivity contribution in [2.24, 2.45) is 16.8 Å². The number of carbonyl (C=O) groups excluding carboxylic acids is 1. The Morgan fingerprint density at radius 3 is 2.41 bits per heavy atom. The maximum Gasteiger partial charge on any atom is 0.407 e. The van der Waals surface area contributed by atoms with Gasteiger partial charge in [0.05, 0.1) is 12.6 Å². The molecule has 1 atom stereocenters. The van der Waals surface area contributed by atoms with E-state index >= 15 is 0 Å². The highest BCUT2D eigenvalue weighted by molar-refractivity contribution is 14.0. The van der Waals surface area contributed by atoms with E-state index in [1.54, 1.807) is 7.05 Å². The van der Waals surface area contributed by atoms with Gasteiger partial charge in [0.25, 0.3) is 0 Å². The summed E-state index contributed by atoms with van der Waals surface area (Å²) in [5.41, 5.74) is 0. The predicted molar refractivity (Wildman–Crippen MR) is 121 cm³/mol. The molecular weight excluding hydrogens is 457 g/mol. The smallest absolute Gasteiger partial charge is 0.407 e. The second kappa shape index (κ2) is 12.6. The zero-order valence-corrected chi connectivity index (χ0v) is 19.6. The van der Waals surface area contributed by atoms with E-state index in [0.717, 1.165) is 37.8 Å². The van der Waals surface area contributed by atoms with Gasteiger partial charge in [0.1, 0.15) is 0 Å². The Bertz CT molecular complexity index is 463. The summed E-state index contributed by atoms with van der Waals surface area (Å²) in [5, 5.41) is 9.90. The first-order chi connectivity index (χ1) is 12.5. The van der Waals surface area contributed by atoms with Crippen LogP contribution >= 0.6 is 24.0 Å². The molecule has 27 heavy (non-hydrogen) atoms. The topological polar surface area (TPSA) is 78.0 Å². The molecule has 2 fully saturated rings. The first-order valence-corrected chi connectivity index (χ1v) is 10.1. The van der Waals surface area contributed by atoms with Crippen molar-refractivity contribution in [3.63, 3.8) is 0 Å². The van der Waals surface area contributed by atoms with E-state index in [0.29, 0.717) is 25.1 Å². The molecule has 1 aliphatic carbocycles. The monoisotopic (exact) mass is 495 g/mol. The zero-order valence-electron chi connectivity index (χ0n) is 17.3. The molecule has 0 radical (unpaired) electrons. The molecule has 1 aliphatic heterocycles. The van der Waals surface area contributed by atoms with Crippen LogP contribution in [0, 0.1) is 11.8 Å². The molecule has 158 valence electrons. The first-order valence-electron chi connectivity index (χ1n) is 10.1. The summed E-state index contributed by atoms with van der Waals surface area (Å²) in [5.74, 6) is 2.09. The van der Waals surface area contributed by atoms with Crippen LogP contribution in [0.2, 0.25) is 0 Å². The molecule has 1 unspecified atom stereocenters. The van der Waals surface area contributed by atoms with Crippen LogP contribution in [0.1, 0.15) is 46.5 Å².